The molecule has 12 heteroatoms. The number of aromatic nitrogens is 6. The Labute approximate surface area is 180 Å². The molecule has 3 heterocycles. The normalized spacial score (nSPS) is 18.3. The monoisotopic (exact) mass is 444 g/mol. The lowest BCUT2D eigenvalue weighted by molar-refractivity contribution is -0.116. The fourth-order valence-electron chi connectivity index (χ4n) is 3.49. The van der Waals surface area contributed by atoms with Crippen LogP contribution in [0, 0.1) is 5.92 Å². The molecule has 1 aliphatic rings. The van der Waals surface area contributed by atoms with Gasteiger partial charge in [0.15, 0.2) is 0 Å². The number of rotatable bonds is 7. The SMILES string of the molecule is CC(=O)Nc1nnc([C@@H]2CC[C@H](Cc3nnc(NC(=O)Cc4cncnc4)s3)C2)s1. The summed E-state index contributed by atoms with van der Waals surface area (Å²) < 4.78 is 0. The fraction of sp³-hybridized carbons (Fsp3) is 0.444. The molecular formula is C18H20N8O2S2. The Kier molecular flexibility index (Phi) is 6.33. The standard InChI is InChI=1S/C18H20N8O2S2/c1-10(27)21-17-26-24-16(30-17)13-3-2-11(4-13)6-15-23-25-18(29-15)22-14(28)5-12-7-19-9-20-8-12/h7-9,11,13H,2-6H2,1H3,(H,21,26,27)(H,22,25,28)/t11-,13+/m0/s1. The van der Waals surface area contributed by atoms with E-state index in [0.717, 1.165) is 41.3 Å². The van der Waals surface area contributed by atoms with Crippen molar-refractivity contribution in [3.63, 3.8) is 0 Å². The van der Waals surface area contributed by atoms with Gasteiger partial charge in [-0.2, -0.15) is 0 Å². The summed E-state index contributed by atoms with van der Waals surface area (Å²) in [6.07, 6.45) is 8.81. The van der Waals surface area contributed by atoms with Crippen molar-refractivity contribution in [2.24, 2.45) is 5.92 Å². The summed E-state index contributed by atoms with van der Waals surface area (Å²) in [5, 5.41) is 25.0. The van der Waals surface area contributed by atoms with Crippen LogP contribution in [0.25, 0.3) is 0 Å². The Morgan fingerprint density at radius 3 is 2.60 bits per heavy atom. The van der Waals surface area contributed by atoms with E-state index < -0.39 is 0 Å². The highest BCUT2D eigenvalue weighted by molar-refractivity contribution is 7.15. The number of carbonyl (C=O) groups is 2. The van der Waals surface area contributed by atoms with E-state index in [1.807, 2.05) is 0 Å². The van der Waals surface area contributed by atoms with Gasteiger partial charge in [0.05, 0.1) is 6.42 Å². The van der Waals surface area contributed by atoms with Gasteiger partial charge in [-0.25, -0.2) is 9.97 Å². The zero-order valence-electron chi connectivity index (χ0n) is 16.2. The quantitative estimate of drug-likeness (QED) is 0.567. The van der Waals surface area contributed by atoms with Crippen LogP contribution >= 0.6 is 22.7 Å². The molecular weight excluding hydrogens is 424 g/mol. The number of nitrogens with zero attached hydrogens (tertiary/aromatic N) is 6. The third-order valence-corrected chi connectivity index (χ3v) is 6.63. The van der Waals surface area contributed by atoms with E-state index in [-0.39, 0.29) is 18.2 Å². The summed E-state index contributed by atoms with van der Waals surface area (Å²) in [5.41, 5.74) is 0.745. The third kappa shape index (κ3) is 5.39. The van der Waals surface area contributed by atoms with Crippen molar-refractivity contribution in [3.05, 3.63) is 34.3 Å². The molecule has 0 saturated heterocycles. The average molecular weight is 445 g/mol. The molecule has 1 fully saturated rings. The van der Waals surface area contributed by atoms with Gasteiger partial charge in [-0.15, -0.1) is 20.4 Å². The molecule has 2 amide bonds. The number of nitrogens with one attached hydrogen (secondary N) is 2. The van der Waals surface area contributed by atoms with E-state index in [2.05, 4.69) is 41.0 Å². The first-order valence-corrected chi connectivity index (χ1v) is 11.2. The molecule has 3 aromatic heterocycles. The van der Waals surface area contributed by atoms with Crippen LogP contribution in [-0.4, -0.2) is 42.2 Å². The van der Waals surface area contributed by atoms with Crippen molar-refractivity contribution in [2.75, 3.05) is 10.6 Å². The number of amides is 2. The summed E-state index contributed by atoms with van der Waals surface area (Å²) in [6, 6.07) is 0. The third-order valence-electron chi connectivity index (χ3n) is 4.77. The molecule has 4 rings (SSSR count). The van der Waals surface area contributed by atoms with Crippen LogP contribution in [0.4, 0.5) is 10.3 Å². The van der Waals surface area contributed by atoms with Crippen molar-refractivity contribution in [1.29, 1.82) is 0 Å². The van der Waals surface area contributed by atoms with E-state index in [1.54, 1.807) is 12.4 Å². The van der Waals surface area contributed by atoms with E-state index in [0.29, 0.717) is 22.1 Å². The Morgan fingerprint density at radius 2 is 1.80 bits per heavy atom. The van der Waals surface area contributed by atoms with Crippen LogP contribution in [0.3, 0.4) is 0 Å². The fourth-order valence-corrected chi connectivity index (χ4v) is 5.30. The first-order valence-electron chi connectivity index (χ1n) is 9.52. The molecule has 1 aliphatic carbocycles. The van der Waals surface area contributed by atoms with Crippen LogP contribution in [0.15, 0.2) is 18.7 Å². The first-order chi connectivity index (χ1) is 14.5. The molecule has 3 aromatic rings. The topological polar surface area (TPSA) is 136 Å². The maximum atomic E-state index is 12.1. The second-order valence-corrected chi connectivity index (χ2v) is 9.25. The minimum absolute atomic E-state index is 0.140. The maximum Gasteiger partial charge on any atom is 0.230 e. The average Bonchev–Trinajstić information content (AvgIpc) is 3.44. The van der Waals surface area contributed by atoms with Gasteiger partial charge in [-0.3, -0.25) is 9.59 Å². The summed E-state index contributed by atoms with van der Waals surface area (Å²) >= 11 is 2.85. The molecule has 156 valence electrons. The van der Waals surface area contributed by atoms with Crippen LogP contribution in [0.5, 0.6) is 0 Å². The highest BCUT2D eigenvalue weighted by Crippen LogP contribution is 2.41. The van der Waals surface area contributed by atoms with Crippen molar-refractivity contribution < 1.29 is 9.59 Å². The van der Waals surface area contributed by atoms with E-state index in [4.69, 9.17) is 0 Å². The zero-order chi connectivity index (χ0) is 20.9. The minimum atomic E-state index is -0.167. The Balaban J connectivity index is 1.27. The highest BCUT2D eigenvalue weighted by Gasteiger charge is 2.29. The summed E-state index contributed by atoms with van der Waals surface area (Å²) in [5.74, 6) is 0.536. The molecule has 10 nitrogen and oxygen atoms in total. The summed E-state index contributed by atoms with van der Waals surface area (Å²) in [7, 11) is 0. The molecule has 0 bridgehead atoms. The van der Waals surface area contributed by atoms with Crippen molar-refractivity contribution in [2.45, 2.75) is 44.9 Å². The van der Waals surface area contributed by atoms with Crippen LogP contribution in [-0.2, 0) is 22.4 Å². The van der Waals surface area contributed by atoms with E-state index in [1.165, 1.54) is 35.9 Å². The largest absolute Gasteiger partial charge is 0.301 e. The van der Waals surface area contributed by atoms with Gasteiger partial charge in [0.2, 0.25) is 22.1 Å². The van der Waals surface area contributed by atoms with E-state index >= 15 is 0 Å². The number of anilines is 2. The van der Waals surface area contributed by atoms with Crippen LogP contribution in [0.2, 0.25) is 0 Å². The molecule has 0 unspecified atom stereocenters. The molecule has 2 atom stereocenters. The Morgan fingerprint density at radius 1 is 1.03 bits per heavy atom. The van der Waals surface area contributed by atoms with Crippen LogP contribution in [0.1, 0.15) is 47.7 Å². The lowest BCUT2D eigenvalue weighted by atomic mass is 10.0. The zero-order valence-corrected chi connectivity index (χ0v) is 17.9. The van der Waals surface area contributed by atoms with Gasteiger partial charge in [-0.1, -0.05) is 22.7 Å². The van der Waals surface area contributed by atoms with Crippen LogP contribution < -0.4 is 10.6 Å². The summed E-state index contributed by atoms with van der Waals surface area (Å²) in [4.78, 5) is 31.1. The molecule has 0 aromatic carbocycles. The Hall–Kier alpha value is -2.86. The van der Waals surface area contributed by atoms with Gasteiger partial charge in [0, 0.05) is 31.7 Å². The van der Waals surface area contributed by atoms with Crippen molar-refractivity contribution in [1.82, 2.24) is 30.4 Å². The highest BCUT2D eigenvalue weighted by atomic mass is 32.1. The number of carbonyl (C=O) groups excluding carboxylic acids is 2. The lowest BCUT2D eigenvalue weighted by Crippen LogP contribution is -2.14. The predicted molar refractivity (Wildman–Crippen MR) is 112 cm³/mol. The summed E-state index contributed by atoms with van der Waals surface area (Å²) in [6.45, 7) is 1.46. The van der Waals surface area contributed by atoms with E-state index in [9.17, 15) is 9.59 Å². The smallest absolute Gasteiger partial charge is 0.230 e. The molecule has 2 N–H and O–H groups in total. The number of hydrogen-bond acceptors (Lipinski definition) is 10. The van der Waals surface area contributed by atoms with Crippen molar-refractivity contribution in [3.8, 4) is 0 Å². The predicted octanol–water partition coefficient (Wildman–Crippen LogP) is 2.45. The molecule has 1 saturated carbocycles. The van der Waals surface area contributed by atoms with Gasteiger partial charge < -0.3 is 10.6 Å². The molecule has 30 heavy (non-hydrogen) atoms. The second-order valence-electron chi connectivity index (χ2n) is 7.18. The first kappa shape index (κ1) is 20.4. The molecule has 0 aliphatic heterocycles. The number of hydrogen-bond donors (Lipinski definition) is 2. The van der Waals surface area contributed by atoms with Crippen molar-refractivity contribution >= 4 is 44.8 Å². The van der Waals surface area contributed by atoms with Gasteiger partial charge in [0.25, 0.3) is 0 Å². The minimum Gasteiger partial charge on any atom is -0.301 e. The lowest BCUT2D eigenvalue weighted by Gasteiger charge is -2.06. The Bertz CT molecular complexity index is 1020. The van der Waals surface area contributed by atoms with Gasteiger partial charge in [-0.05, 0) is 30.7 Å². The molecule has 0 radical (unpaired) electrons. The van der Waals surface area contributed by atoms with Gasteiger partial charge >= 0.3 is 0 Å². The van der Waals surface area contributed by atoms with Gasteiger partial charge in [0.1, 0.15) is 16.3 Å². The molecule has 0 spiro atoms. The maximum absolute atomic E-state index is 12.1. The second kappa shape index (κ2) is 9.30.